The van der Waals surface area contributed by atoms with Crippen molar-refractivity contribution < 1.29 is 4.74 Å². The standard InChI is InChI=1S/C22H31N7O/c1-13-6-21(25-22(23)24-13)28-9-16-7-19(29-11-18(26-27-29)15-4-5-15)20(8-17(16)10-28)30-12-14-2-3-14/h6,11,14-17,19-20H,2-5,7-10,12H2,1H3,(H2,23,24,25)/t16-,17+,19-,20-/m1/s1. The highest BCUT2D eigenvalue weighted by Gasteiger charge is 2.45. The van der Waals surface area contributed by atoms with Gasteiger partial charge in [-0.3, -0.25) is 0 Å². The third kappa shape index (κ3) is 3.66. The molecule has 4 aliphatic rings. The first-order valence-corrected chi connectivity index (χ1v) is 11.5. The molecule has 1 saturated heterocycles. The Morgan fingerprint density at radius 2 is 1.90 bits per heavy atom. The van der Waals surface area contributed by atoms with Crippen LogP contribution in [0.3, 0.4) is 0 Å². The highest BCUT2D eigenvalue weighted by atomic mass is 16.5. The largest absolute Gasteiger partial charge is 0.376 e. The molecule has 6 rings (SSSR count). The summed E-state index contributed by atoms with van der Waals surface area (Å²) in [5, 5.41) is 9.02. The van der Waals surface area contributed by atoms with E-state index in [2.05, 4.69) is 36.1 Å². The molecule has 1 aliphatic heterocycles. The summed E-state index contributed by atoms with van der Waals surface area (Å²) >= 11 is 0. The minimum absolute atomic E-state index is 0.220. The van der Waals surface area contributed by atoms with Crippen LogP contribution in [0, 0.1) is 24.7 Å². The summed E-state index contributed by atoms with van der Waals surface area (Å²) in [6, 6.07) is 2.33. The number of aromatic nitrogens is 5. The van der Waals surface area contributed by atoms with E-state index >= 15 is 0 Å². The molecule has 0 spiro atoms. The normalized spacial score (nSPS) is 31.2. The van der Waals surface area contributed by atoms with Gasteiger partial charge in [-0.15, -0.1) is 5.10 Å². The van der Waals surface area contributed by atoms with Gasteiger partial charge in [0.2, 0.25) is 5.95 Å². The number of rotatable bonds is 6. The van der Waals surface area contributed by atoms with Gasteiger partial charge in [0, 0.05) is 43.6 Å². The first kappa shape index (κ1) is 18.5. The van der Waals surface area contributed by atoms with E-state index < -0.39 is 0 Å². The molecular formula is C22H31N7O. The summed E-state index contributed by atoms with van der Waals surface area (Å²) in [5.41, 5.74) is 8.00. The Bertz CT molecular complexity index is 902. The molecular weight excluding hydrogens is 378 g/mol. The van der Waals surface area contributed by atoms with Crippen molar-refractivity contribution in [3.63, 3.8) is 0 Å². The van der Waals surface area contributed by atoms with Gasteiger partial charge < -0.3 is 15.4 Å². The number of fused-ring (bicyclic) bond motifs is 1. The topological polar surface area (TPSA) is 95.0 Å². The van der Waals surface area contributed by atoms with Crippen LogP contribution in [0.1, 0.15) is 61.9 Å². The van der Waals surface area contributed by atoms with Crippen molar-refractivity contribution in [1.29, 1.82) is 0 Å². The minimum atomic E-state index is 0.220. The smallest absolute Gasteiger partial charge is 0.222 e. The number of anilines is 2. The number of hydrogen-bond acceptors (Lipinski definition) is 7. The molecule has 2 aromatic heterocycles. The summed E-state index contributed by atoms with van der Waals surface area (Å²) in [5.74, 6) is 3.95. The van der Waals surface area contributed by atoms with Crippen LogP contribution in [0.15, 0.2) is 12.3 Å². The van der Waals surface area contributed by atoms with Gasteiger partial charge in [-0.1, -0.05) is 5.21 Å². The molecule has 160 valence electrons. The minimum Gasteiger partial charge on any atom is -0.376 e. The lowest BCUT2D eigenvalue weighted by atomic mass is 9.77. The summed E-state index contributed by atoms with van der Waals surface area (Å²) in [7, 11) is 0. The molecule has 3 aliphatic carbocycles. The number of nitrogen functional groups attached to an aromatic ring is 1. The zero-order chi connectivity index (χ0) is 20.2. The van der Waals surface area contributed by atoms with Crippen LogP contribution >= 0.6 is 0 Å². The Kier molecular flexibility index (Phi) is 4.44. The van der Waals surface area contributed by atoms with Crippen molar-refractivity contribution in [2.75, 3.05) is 30.3 Å². The van der Waals surface area contributed by atoms with Crippen LogP contribution in [-0.4, -0.2) is 50.8 Å². The Balaban J connectivity index is 1.22. The van der Waals surface area contributed by atoms with Gasteiger partial charge in [-0.2, -0.15) is 4.98 Å². The second kappa shape index (κ2) is 7.18. The first-order chi connectivity index (χ1) is 14.6. The molecule has 0 bridgehead atoms. The number of aryl methyl sites for hydroxylation is 1. The van der Waals surface area contributed by atoms with Crippen molar-refractivity contribution in [3.05, 3.63) is 23.7 Å². The summed E-state index contributed by atoms with van der Waals surface area (Å²) in [4.78, 5) is 11.1. The van der Waals surface area contributed by atoms with Gasteiger partial charge in [-0.05, 0) is 63.2 Å². The molecule has 2 aromatic rings. The fraction of sp³-hybridized carbons (Fsp3) is 0.727. The Morgan fingerprint density at radius 1 is 1.10 bits per heavy atom. The molecule has 8 nitrogen and oxygen atoms in total. The Labute approximate surface area is 177 Å². The third-order valence-corrected chi connectivity index (χ3v) is 7.37. The van der Waals surface area contributed by atoms with Gasteiger partial charge in [-0.25, -0.2) is 9.67 Å². The molecule has 2 N–H and O–H groups in total. The maximum Gasteiger partial charge on any atom is 0.222 e. The van der Waals surface area contributed by atoms with Crippen molar-refractivity contribution in [2.24, 2.45) is 17.8 Å². The van der Waals surface area contributed by atoms with E-state index in [1.807, 2.05) is 13.0 Å². The zero-order valence-electron chi connectivity index (χ0n) is 17.7. The zero-order valence-corrected chi connectivity index (χ0v) is 17.7. The first-order valence-electron chi connectivity index (χ1n) is 11.5. The van der Waals surface area contributed by atoms with Crippen molar-refractivity contribution in [1.82, 2.24) is 25.0 Å². The van der Waals surface area contributed by atoms with Crippen LogP contribution < -0.4 is 10.6 Å². The second-order valence-electron chi connectivity index (χ2n) is 9.90. The van der Waals surface area contributed by atoms with Crippen LogP contribution in [0.25, 0.3) is 0 Å². The number of nitrogens with two attached hydrogens (primary N) is 1. The fourth-order valence-corrected chi connectivity index (χ4v) is 5.33. The molecule has 3 saturated carbocycles. The van der Waals surface area contributed by atoms with E-state index in [1.165, 1.54) is 25.7 Å². The lowest BCUT2D eigenvalue weighted by Gasteiger charge is -2.37. The van der Waals surface area contributed by atoms with E-state index in [9.17, 15) is 0 Å². The number of nitrogens with zero attached hydrogens (tertiary/aromatic N) is 6. The van der Waals surface area contributed by atoms with Crippen molar-refractivity contribution in [2.45, 2.75) is 63.5 Å². The summed E-state index contributed by atoms with van der Waals surface area (Å²) in [6.45, 7) is 4.90. The molecule has 3 heterocycles. The van der Waals surface area contributed by atoms with Gasteiger partial charge in [0.05, 0.1) is 17.8 Å². The molecule has 4 atom stereocenters. The lowest BCUT2D eigenvalue weighted by molar-refractivity contribution is -0.0375. The Morgan fingerprint density at radius 3 is 2.63 bits per heavy atom. The molecule has 0 aromatic carbocycles. The van der Waals surface area contributed by atoms with E-state index in [4.69, 9.17) is 10.5 Å². The fourth-order valence-electron chi connectivity index (χ4n) is 5.33. The van der Waals surface area contributed by atoms with E-state index in [0.717, 1.165) is 55.7 Å². The van der Waals surface area contributed by atoms with Crippen LogP contribution in [-0.2, 0) is 4.74 Å². The Hall–Kier alpha value is -2.22. The molecule has 30 heavy (non-hydrogen) atoms. The van der Waals surface area contributed by atoms with E-state index in [0.29, 0.717) is 23.7 Å². The van der Waals surface area contributed by atoms with Crippen LogP contribution in [0.4, 0.5) is 11.8 Å². The SMILES string of the molecule is Cc1cc(N2C[C@H]3C[C@@H](n4cc(C5CC5)nn4)[C@H](OCC4CC4)C[C@H]3C2)nc(N)n1. The van der Waals surface area contributed by atoms with Gasteiger partial charge in [0.15, 0.2) is 0 Å². The predicted molar refractivity (Wildman–Crippen MR) is 113 cm³/mol. The van der Waals surface area contributed by atoms with Crippen molar-refractivity contribution >= 4 is 11.8 Å². The molecule has 8 heteroatoms. The lowest BCUT2D eigenvalue weighted by Crippen LogP contribution is -2.38. The van der Waals surface area contributed by atoms with Crippen LogP contribution in [0.2, 0.25) is 0 Å². The summed E-state index contributed by atoms with van der Waals surface area (Å²) < 4.78 is 8.62. The van der Waals surface area contributed by atoms with Gasteiger partial charge >= 0.3 is 0 Å². The highest BCUT2D eigenvalue weighted by Crippen LogP contribution is 2.45. The molecule has 0 unspecified atom stereocenters. The molecule has 4 fully saturated rings. The van der Waals surface area contributed by atoms with Crippen molar-refractivity contribution in [3.8, 4) is 0 Å². The number of ether oxygens (including phenoxy) is 1. The number of hydrogen-bond donors (Lipinski definition) is 1. The quantitative estimate of drug-likeness (QED) is 0.784. The van der Waals surface area contributed by atoms with Gasteiger partial charge in [0.1, 0.15) is 5.82 Å². The average molecular weight is 410 g/mol. The predicted octanol–water partition coefficient (Wildman–Crippen LogP) is 2.72. The average Bonchev–Trinajstić information content (AvgIpc) is 3.64. The van der Waals surface area contributed by atoms with E-state index in [-0.39, 0.29) is 12.1 Å². The van der Waals surface area contributed by atoms with Crippen LogP contribution in [0.5, 0.6) is 0 Å². The second-order valence-corrected chi connectivity index (χ2v) is 9.90. The molecule has 0 radical (unpaired) electrons. The van der Waals surface area contributed by atoms with Gasteiger partial charge in [0.25, 0.3) is 0 Å². The highest BCUT2D eigenvalue weighted by molar-refractivity contribution is 5.44. The monoisotopic (exact) mass is 409 g/mol. The van der Waals surface area contributed by atoms with E-state index in [1.54, 1.807) is 0 Å². The molecule has 0 amide bonds. The third-order valence-electron chi connectivity index (χ3n) is 7.37. The summed E-state index contributed by atoms with van der Waals surface area (Å²) in [6.07, 6.45) is 9.73. The maximum absolute atomic E-state index is 6.49. The maximum atomic E-state index is 6.49.